The third-order valence-corrected chi connectivity index (χ3v) is 1.24. The van der Waals surface area contributed by atoms with E-state index in [2.05, 4.69) is 0 Å². The van der Waals surface area contributed by atoms with E-state index in [1.165, 1.54) is 6.34 Å². The van der Waals surface area contributed by atoms with Gasteiger partial charge in [0.2, 0.25) is 0 Å². The summed E-state index contributed by atoms with van der Waals surface area (Å²) >= 11 is 0. The molecule has 0 fully saturated rings. The maximum absolute atomic E-state index is 8.68. The van der Waals surface area contributed by atoms with E-state index >= 15 is 0 Å². The molecule has 0 aromatic rings. The Morgan fingerprint density at radius 2 is 2.30 bits per heavy atom. The van der Waals surface area contributed by atoms with Gasteiger partial charge in [-0.15, -0.1) is 0 Å². The molecule has 1 atom stereocenters. The van der Waals surface area contributed by atoms with Crippen LogP contribution >= 0.6 is 0 Å². The van der Waals surface area contributed by atoms with Crippen LogP contribution in [0.15, 0.2) is 12.3 Å². The number of aliphatic hydroxyl groups is 1. The molecule has 10 heavy (non-hydrogen) atoms. The molecule has 0 aliphatic carbocycles. The van der Waals surface area contributed by atoms with E-state index in [-0.39, 0.29) is 12.6 Å². The summed E-state index contributed by atoms with van der Waals surface area (Å²) in [5.74, 6) is 0. The van der Waals surface area contributed by atoms with E-state index in [1.807, 2.05) is 19.9 Å². The zero-order chi connectivity index (χ0) is 7.98. The molecule has 3 nitrogen and oxygen atoms in total. The molecule has 58 valence electrons. The van der Waals surface area contributed by atoms with E-state index in [9.17, 15) is 0 Å². The summed E-state index contributed by atoms with van der Waals surface area (Å²) in [6.07, 6.45) is 4.78. The van der Waals surface area contributed by atoms with E-state index in [4.69, 9.17) is 10.5 Å². The van der Waals surface area contributed by atoms with Crippen LogP contribution in [0.5, 0.6) is 0 Å². The first-order valence-electron chi connectivity index (χ1n) is 3.28. The molecule has 0 spiro atoms. The van der Waals surface area contributed by atoms with Crippen molar-refractivity contribution in [3.8, 4) is 0 Å². The van der Waals surface area contributed by atoms with Crippen LogP contribution in [0.25, 0.3) is 0 Å². The van der Waals surface area contributed by atoms with Gasteiger partial charge >= 0.3 is 0 Å². The van der Waals surface area contributed by atoms with Crippen molar-refractivity contribution < 1.29 is 5.11 Å². The molecule has 0 bridgehead atoms. The summed E-state index contributed by atoms with van der Waals surface area (Å²) in [7, 11) is 0. The van der Waals surface area contributed by atoms with Gasteiger partial charge in [0, 0.05) is 6.20 Å². The Hall–Kier alpha value is -0.830. The molecule has 0 unspecified atom stereocenters. The number of nitrogens with zero attached hydrogens (tertiary/aromatic N) is 1. The predicted octanol–water partition coefficient (Wildman–Crippen LogP) is 0.810. The summed E-state index contributed by atoms with van der Waals surface area (Å²) in [6.45, 7) is 3.80. The third-order valence-electron chi connectivity index (χ3n) is 1.24. The Morgan fingerprint density at radius 1 is 1.70 bits per heavy atom. The topological polar surface area (TPSA) is 47.3 Å². The van der Waals surface area contributed by atoms with Crippen molar-refractivity contribution in [1.29, 1.82) is 5.41 Å². The van der Waals surface area contributed by atoms with Crippen molar-refractivity contribution in [3.05, 3.63) is 12.3 Å². The molecule has 0 aliphatic heterocycles. The van der Waals surface area contributed by atoms with E-state index in [1.54, 1.807) is 11.1 Å². The fourth-order valence-electron chi connectivity index (χ4n) is 0.584. The van der Waals surface area contributed by atoms with Crippen LogP contribution in [0.3, 0.4) is 0 Å². The third kappa shape index (κ3) is 2.64. The molecule has 0 aromatic carbocycles. The predicted molar refractivity (Wildman–Crippen MR) is 42.0 cm³/mol. The maximum Gasteiger partial charge on any atom is 0.0860 e. The van der Waals surface area contributed by atoms with Gasteiger partial charge in [0.25, 0.3) is 0 Å². The Bertz CT molecular complexity index is 123. The molecule has 0 aliphatic rings. The number of hydrogen-bond acceptors (Lipinski definition) is 2. The number of aliphatic hydroxyl groups excluding tert-OH is 1. The minimum atomic E-state index is -0.00583. The van der Waals surface area contributed by atoms with Crippen LogP contribution in [-0.2, 0) is 0 Å². The van der Waals surface area contributed by atoms with Gasteiger partial charge in [0.05, 0.1) is 19.0 Å². The van der Waals surface area contributed by atoms with Crippen molar-refractivity contribution in [2.24, 2.45) is 0 Å². The Balaban J connectivity index is 3.92. The molecule has 0 saturated heterocycles. The smallest absolute Gasteiger partial charge is 0.0860 e. The van der Waals surface area contributed by atoms with Crippen molar-refractivity contribution in [2.45, 2.75) is 19.9 Å². The van der Waals surface area contributed by atoms with E-state index in [0.717, 1.165) is 0 Å². The standard InChI is InChI=1S/C7H14N2O/c1-3-4-9(6-8)7(2)5-10/h3-4,6-8,10H,5H2,1-2H3/b4-3-,8-6?/t7-/m0/s1. The fourth-order valence-corrected chi connectivity index (χ4v) is 0.584. The number of allylic oxidation sites excluding steroid dienone is 1. The molecule has 2 N–H and O–H groups in total. The summed E-state index contributed by atoms with van der Waals surface area (Å²) in [6, 6.07) is -0.00583. The SMILES string of the molecule is C/C=C\N(C=N)[C@@H](C)CO. The summed E-state index contributed by atoms with van der Waals surface area (Å²) < 4.78 is 0. The van der Waals surface area contributed by atoms with E-state index < -0.39 is 0 Å². The average Bonchev–Trinajstić information content (AvgIpc) is 1.99. The molecule has 0 rings (SSSR count). The normalized spacial score (nSPS) is 13.5. The van der Waals surface area contributed by atoms with Crippen molar-refractivity contribution in [1.82, 2.24) is 4.90 Å². The summed E-state index contributed by atoms with van der Waals surface area (Å²) in [4.78, 5) is 1.64. The number of rotatable bonds is 4. The lowest BCUT2D eigenvalue weighted by atomic mass is 10.3. The first-order chi connectivity index (χ1) is 4.76. The molecule has 3 heteroatoms. The lowest BCUT2D eigenvalue weighted by Gasteiger charge is -2.19. The van der Waals surface area contributed by atoms with Crippen LogP contribution in [0, 0.1) is 5.41 Å². The molecule has 0 aromatic heterocycles. The van der Waals surface area contributed by atoms with Gasteiger partial charge in [-0.2, -0.15) is 0 Å². The highest BCUT2D eigenvalue weighted by Crippen LogP contribution is 1.94. The molecule has 0 saturated carbocycles. The Labute approximate surface area is 61.5 Å². The highest BCUT2D eigenvalue weighted by molar-refractivity contribution is 5.52. The molecular formula is C7H14N2O. The second-order valence-electron chi connectivity index (χ2n) is 2.09. The van der Waals surface area contributed by atoms with Crippen molar-refractivity contribution >= 4 is 6.34 Å². The first-order valence-corrected chi connectivity index (χ1v) is 3.28. The first kappa shape index (κ1) is 9.17. The summed E-state index contributed by atoms with van der Waals surface area (Å²) in [5, 5.41) is 15.6. The molecule has 0 radical (unpaired) electrons. The zero-order valence-corrected chi connectivity index (χ0v) is 6.41. The van der Waals surface area contributed by atoms with Crippen molar-refractivity contribution in [3.63, 3.8) is 0 Å². The van der Waals surface area contributed by atoms with Crippen LogP contribution in [0.2, 0.25) is 0 Å². The highest BCUT2D eigenvalue weighted by Gasteiger charge is 2.03. The van der Waals surface area contributed by atoms with Gasteiger partial charge in [0.1, 0.15) is 0 Å². The zero-order valence-electron chi connectivity index (χ0n) is 6.41. The lowest BCUT2D eigenvalue weighted by molar-refractivity contribution is 0.221. The van der Waals surface area contributed by atoms with Crippen LogP contribution in [0.1, 0.15) is 13.8 Å². The second-order valence-corrected chi connectivity index (χ2v) is 2.09. The number of nitrogens with one attached hydrogen (secondary N) is 1. The minimum absolute atomic E-state index is 0.00583. The van der Waals surface area contributed by atoms with Crippen LogP contribution < -0.4 is 0 Å². The van der Waals surface area contributed by atoms with Gasteiger partial charge in [-0.25, -0.2) is 0 Å². The largest absolute Gasteiger partial charge is 0.394 e. The van der Waals surface area contributed by atoms with Gasteiger partial charge in [0.15, 0.2) is 0 Å². The average molecular weight is 142 g/mol. The molecular weight excluding hydrogens is 128 g/mol. The van der Waals surface area contributed by atoms with Gasteiger partial charge in [-0.1, -0.05) is 6.08 Å². The van der Waals surface area contributed by atoms with Crippen LogP contribution in [0.4, 0.5) is 0 Å². The minimum Gasteiger partial charge on any atom is -0.394 e. The van der Waals surface area contributed by atoms with Crippen molar-refractivity contribution in [2.75, 3.05) is 6.61 Å². The second kappa shape index (κ2) is 4.99. The van der Waals surface area contributed by atoms with Gasteiger partial charge in [-0.05, 0) is 13.8 Å². The number of hydrogen-bond donors (Lipinski definition) is 2. The molecule has 0 amide bonds. The van der Waals surface area contributed by atoms with Crippen LogP contribution in [-0.4, -0.2) is 29.0 Å². The fraction of sp³-hybridized carbons (Fsp3) is 0.571. The Kier molecular flexibility index (Phi) is 4.58. The summed E-state index contributed by atoms with van der Waals surface area (Å²) in [5.41, 5.74) is 0. The van der Waals surface area contributed by atoms with Gasteiger partial charge in [-0.3, -0.25) is 5.41 Å². The monoisotopic (exact) mass is 142 g/mol. The lowest BCUT2D eigenvalue weighted by Crippen LogP contribution is -2.29. The Morgan fingerprint density at radius 3 is 2.60 bits per heavy atom. The van der Waals surface area contributed by atoms with Gasteiger partial charge < -0.3 is 10.0 Å². The van der Waals surface area contributed by atoms with E-state index in [0.29, 0.717) is 0 Å². The quantitative estimate of drug-likeness (QED) is 0.450. The molecule has 0 heterocycles. The highest BCUT2D eigenvalue weighted by atomic mass is 16.3. The maximum atomic E-state index is 8.68.